The van der Waals surface area contributed by atoms with E-state index >= 15 is 0 Å². The molecular formula is C18H23Cl2N3O2. The van der Waals surface area contributed by atoms with Crippen molar-refractivity contribution < 1.29 is 27.3 Å². The SMILES string of the molecule is CC1(C)CCCC2(O)C(c3ccc(Cl)cc3)n3cnc[n+]3CC12O.[Cl-]. The average Bonchev–Trinajstić information content (AvgIpc) is 2.95. The molecule has 1 aromatic heterocycles. The van der Waals surface area contributed by atoms with Gasteiger partial charge in [-0.25, -0.2) is 0 Å². The fourth-order valence-corrected chi connectivity index (χ4v) is 4.80. The predicted molar refractivity (Wildman–Crippen MR) is 89.5 cm³/mol. The van der Waals surface area contributed by atoms with Crippen LogP contribution in [0.1, 0.15) is 44.7 Å². The molecule has 2 aliphatic rings. The van der Waals surface area contributed by atoms with E-state index in [9.17, 15) is 10.2 Å². The van der Waals surface area contributed by atoms with Gasteiger partial charge in [-0.3, -0.25) is 0 Å². The van der Waals surface area contributed by atoms with Crippen molar-refractivity contribution in [3.63, 3.8) is 0 Å². The number of hydrogen-bond donors (Lipinski definition) is 2. The third-order valence-corrected chi connectivity index (χ3v) is 6.42. The molecule has 1 aliphatic carbocycles. The van der Waals surface area contributed by atoms with Crippen molar-refractivity contribution in [2.45, 2.75) is 56.9 Å². The van der Waals surface area contributed by atoms with Crippen LogP contribution in [0.25, 0.3) is 0 Å². The molecule has 2 heterocycles. The number of aromatic nitrogens is 3. The van der Waals surface area contributed by atoms with E-state index in [1.54, 1.807) is 12.7 Å². The summed E-state index contributed by atoms with van der Waals surface area (Å²) in [5.41, 5.74) is -1.97. The van der Waals surface area contributed by atoms with Crippen LogP contribution >= 0.6 is 11.6 Å². The zero-order valence-electron chi connectivity index (χ0n) is 14.4. The molecule has 3 atom stereocenters. The summed E-state index contributed by atoms with van der Waals surface area (Å²) in [4.78, 5) is 4.24. The number of hydrogen-bond acceptors (Lipinski definition) is 3. The van der Waals surface area contributed by atoms with Gasteiger partial charge in [-0.05, 0) is 41.9 Å². The minimum absolute atomic E-state index is 0. The Balaban J connectivity index is 0.00000182. The molecule has 2 aromatic rings. The summed E-state index contributed by atoms with van der Waals surface area (Å²) in [7, 11) is 0. The zero-order valence-corrected chi connectivity index (χ0v) is 15.9. The van der Waals surface area contributed by atoms with Crippen LogP contribution in [0.5, 0.6) is 0 Å². The highest BCUT2D eigenvalue weighted by Gasteiger charge is 2.68. The number of aliphatic hydroxyl groups is 2. The van der Waals surface area contributed by atoms with Gasteiger partial charge in [0.05, 0.1) is 0 Å². The normalized spacial score (nSPS) is 33.1. The van der Waals surface area contributed by atoms with E-state index in [1.807, 2.05) is 47.5 Å². The molecule has 7 heteroatoms. The van der Waals surface area contributed by atoms with E-state index in [1.165, 1.54) is 0 Å². The molecule has 1 aliphatic heterocycles. The van der Waals surface area contributed by atoms with Crippen molar-refractivity contribution in [1.29, 1.82) is 0 Å². The van der Waals surface area contributed by atoms with E-state index in [4.69, 9.17) is 11.6 Å². The zero-order chi connectivity index (χ0) is 17.2. The highest BCUT2D eigenvalue weighted by Crippen LogP contribution is 2.56. The number of fused-ring (bicyclic) bond motifs is 2. The van der Waals surface area contributed by atoms with E-state index in [-0.39, 0.29) is 12.4 Å². The molecule has 0 bridgehead atoms. The first kappa shape index (κ1) is 18.6. The first-order chi connectivity index (χ1) is 11.3. The van der Waals surface area contributed by atoms with Crippen molar-refractivity contribution in [3.8, 4) is 0 Å². The summed E-state index contributed by atoms with van der Waals surface area (Å²) < 4.78 is 3.83. The maximum absolute atomic E-state index is 11.8. The lowest BCUT2D eigenvalue weighted by Gasteiger charge is -2.59. The van der Waals surface area contributed by atoms with Crippen molar-refractivity contribution >= 4 is 11.6 Å². The lowest BCUT2D eigenvalue weighted by atomic mass is 9.54. The van der Waals surface area contributed by atoms with Gasteiger partial charge in [-0.1, -0.05) is 37.6 Å². The molecule has 4 rings (SSSR count). The Morgan fingerprint density at radius 1 is 1.20 bits per heavy atom. The van der Waals surface area contributed by atoms with Gasteiger partial charge in [0.25, 0.3) is 0 Å². The van der Waals surface area contributed by atoms with Crippen molar-refractivity contribution in [2.24, 2.45) is 5.41 Å². The Labute approximate surface area is 158 Å². The highest BCUT2D eigenvalue weighted by atomic mass is 35.5. The van der Waals surface area contributed by atoms with E-state index in [2.05, 4.69) is 4.98 Å². The number of halogens is 2. The summed E-state index contributed by atoms with van der Waals surface area (Å²) >= 11 is 6.04. The maximum atomic E-state index is 11.8. The van der Waals surface area contributed by atoms with Crippen LogP contribution in [0.3, 0.4) is 0 Å². The smallest absolute Gasteiger partial charge is 0.306 e. The van der Waals surface area contributed by atoms with Crippen LogP contribution in [0.4, 0.5) is 0 Å². The molecule has 0 saturated heterocycles. The third kappa shape index (κ3) is 2.44. The largest absolute Gasteiger partial charge is 1.00 e. The Hall–Kier alpha value is -1.14. The lowest BCUT2D eigenvalue weighted by molar-refractivity contribution is -0.807. The first-order valence-corrected chi connectivity index (χ1v) is 8.78. The highest BCUT2D eigenvalue weighted by molar-refractivity contribution is 6.30. The quantitative estimate of drug-likeness (QED) is 0.627. The second-order valence-corrected chi connectivity index (χ2v) is 8.27. The molecule has 5 nitrogen and oxygen atoms in total. The summed E-state index contributed by atoms with van der Waals surface area (Å²) in [5.74, 6) is 0. The molecule has 0 spiro atoms. The predicted octanol–water partition coefficient (Wildman–Crippen LogP) is -0.897. The van der Waals surface area contributed by atoms with Gasteiger partial charge in [-0.2, -0.15) is 9.36 Å². The number of nitrogens with zero attached hydrogens (tertiary/aromatic N) is 3. The second kappa shape index (κ2) is 5.95. The van der Waals surface area contributed by atoms with E-state index in [0.717, 1.165) is 18.4 Å². The van der Waals surface area contributed by atoms with Crippen LogP contribution < -0.4 is 17.1 Å². The number of rotatable bonds is 1. The second-order valence-electron chi connectivity index (χ2n) is 7.83. The van der Waals surface area contributed by atoms with Gasteiger partial charge >= 0.3 is 6.33 Å². The van der Waals surface area contributed by atoms with Gasteiger partial charge < -0.3 is 22.6 Å². The van der Waals surface area contributed by atoms with Crippen LogP contribution in [-0.2, 0) is 6.54 Å². The molecule has 1 fully saturated rings. The van der Waals surface area contributed by atoms with Gasteiger partial charge in [-0.15, -0.1) is 0 Å². The van der Waals surface area contributed by atoms with Crippen LogP contribution in [0.15, 0.2) is 36.9 Å². The minimum atomic E-state index is -1.26. The van der Waals surface area contributed by atoms with Crippen molar-refractivity contribution in [3.05, 3.63) is 47.5 Å². The molecule has 136 valence electrons. The summed E-state index contributed by atoms with van der Waals surface area (Å²) in [5, 5.41) is 24.1. The standard InChI is InChI=1S/C18H23ClN3O2.ClH/c1-16(2)8-3-9-17(23)15(13-4-6-14(19)7-5-13)22-12-20-11-21(22)10-18(16,17)24;/h4-7,11-12,15,23-24H,3,8-10H2,1-2H3;1H/q+1;/p-1. The molecule has 25 heavy (non-hydrogen) atoms. The third-order valence-electron chi connectivity index (χ3n) is 6.17. The van der Waals surface area contributed by atoms with Crippen LogP contribution in [0, 0.1) is 5.41 Å². The Kier molecular flexibility index (Phi) is 4.44. The number of benzene rings is 1. The fourth-order valence-electron chi connectivity index (χ4n) is 4.68. The molecule has 0 radical (unpaired) electrons. The Bertz CT molecular complexity index is 777. The Morgan fingerprint density at radius 2 is 1.88 bits per heavy atom. The van der Waals surface area contributed by atoms with E-state index in [0.29, 0.717) is 18.0 Å². The average molecular weight is 384 g/mol. The van der Waals surface area contributed by atoms with Gasteiger partial charge in [0.2, 0.25) is 6.33 Å². The van der Waals surface area contributed by atoms with Crippen LogP contribution in [-0.4, -0.2) is 31.1 Å². The lowest BCUT2D eigenvalue weighted by Crippen LogP contribution is -3.00. The maximum Gasteiger partial charge on any atom is 0.306 e. The molecular weight excluding hydrogens is 361 g/mol. The Morgan fingerprint density at radius 3 is 2.56 bits per heavy atom. The van der Waals surface area contributed by atoms with Gasteiger partial charge in [0.15, 0.2) is 0 Å². The molecule has 3 unspecified atom stereocenters. The molecule has 1 aromatic carbocycles. The van der Waals surface area contributed by atoms with Gasteiger partial charge in [0.1, 0.15) is 23.8 Å². The van der Waals surface area contributed by atoms with Crippen LogP contribution in [0.2, 0.25) is 5.02 Å². The van der Waals surface area contributed by atoms with Gasteiger partial charge in [0, 0.05) is 10.4 Å². The molecule has 2 N–H and O–H groups in total. The topological polar surface area (TPSA) is 62.2 Å². The first-order valence-electron chi connectivity index (χ1n) is 8.40. The van der Waals surface area contributed by atoms with Crippen molar-refractivity contribution in [1.82, 2.24) is 9.67 Å². The molecule has 0 amide bonds. The van der Waals surface area contributed by atoms with Crippen molar-refractivity contribution in [2.75, 3.05) is 0 Å². The summed E-state index contributed by atoms with van der Waals surface area (Å²) in [6, 6.07) is 7.08. The minimum Gasteiger partial charge on any atom is -1.00 e. The van der Waals surface area contributed by atoms with E-state index < -0.39 is 22.7 Å². The summed E-state index contributed by atoms with van der Waals surface area (Å²) in [6.45, 7) is 4.42. The molecule has 1 saturated carbocycles. The fraction of sp³-hybridized carbons (Fsp3) is 0.556. The summed E-state index contributed by atoms with van der Waals surface area (Å²) in [6.07, 6.45) is 5.75. The monoisotopic (exact) mass is 383 g/mol.